The standard InChI is InChI=1S/C26H24FN5O3/c1-16-29-22-3-2-12-28-24(22)32(16)20-10-13-31(14-11-20)23-9-8-19(15-21(23)26(34)35)30-25(33)17-4-6-18(27)7-5-17/h2-9,12,15,20H,10-11,13-14H2,1H3,(H,30,33)(H,34,35). The molecule has 0 saturated carbocycles. The number of aromatic carboxylic acids is 1. The molecule has 0 unspecified atom stereocenters. The molecule has 4 aromatic rings. The molecule has 0 radical (unpaired) electrons. The number of anilines is 2. The lowest BCUT2D eigenvalue weighted by Crippen LogP contribution is -2.35. The Morgan fingerprint density at radius 3 is 2.54 bits per heavy atom. The number of piperidine rings is 1. The molecule has 8 nitrogen and oxygen atoms in total. The molecule has 0 atom stereocenters. The Morgan fingerprint density at radius 2 is 1.83 bits per heavy atom. The van der Waals surface area contributed by atoms with Crippen molar-refractivity contribution in [3.8, 4) is 0 Å². The number of imidazole rings is 1. The molecule has 0 aliphatic carbocycles. The summed E-state index contributed by atoms with van der Waals surface area (Å²) in [4.78, 5) is 35.7. The van der Waals surface area contributed by atoms with Gasteiger partial charge >= 0.3 is 5.97 Å². The second-order valence-corrected chi connectivity index (χ2v) is 8.59. The summed E-state index contributed by atoms with van der Waals surface area (Å²) >= 11 is 0. The fourth-order valence-electron chi connectivity index (χ4n) is 4.71. The minimum absolute atomic E-state index is 0.117. The summed E-state index contributed by atoms with van der Waals surface area (Å²) in [5.74, 6) is -1.02. The number of carbonyl (C=O) groups excluding carboxylic acids is 1. The van der Waals surface area contributed by atoms with Gasteiger partial charge in [0.15, 0.2) is 5.65 Å². The molecule has 1 saturated heterocycles. The van der Waals surface area contributed by atoms with Gasteiger partial charge in [0.1, 0.15) is 17.2 Å². The van der Waals surface area contributed by atoms with Gasteiger partial charge in [0.25, 0.3) is 5.91 Å². The van der Waals surface area contributed by atoms with Crippen LogP contribution >= 0.6 is 0 Å². The zero-order valence-electron chi connectivity index (χ0n) is 19.1. The van der Waals surface area contributed by atoms with Crippen LogP contribution in [-0.4, -0.2) is 44.6 Å². The normalized spacial score (nSPS) is 14.3. The molecule has 35 heavy (non-hydrogen) atoms. The second kappa shape index (κ2) is 9.17. The van der Waals surface area contributed by atoms with Gasteiger partial charge in [-0.3, -0.25) is 4.79 Å². The predicted molar refractivity (Wildman–Crippen MR) is 131 cm³/mol. The highest BCUT2D eigenvalue weighted by Gasteiger charge is 2.26. The number of fused-ring (bicyclic) bond motifs is 1. The van der Waals surface area contributed by atoms with Crippen molar-refractivity contribution < 1.29 is 19.1 Å². The van der Waals surface area contributed by atoms with Gasteiger partial charge in [-0.05, 0) is 74.4 Å². The van der Waals surface area contributed by atoms with Crippen LogP contribution in [0, 0.1) is 12.7 Å². The predicted octanol–water partition coefficient (Wildman–Crippen LogP) is 4.67. The Morgan fingerprint density at radius 1 is 1.09 bits per heavy atom. The number of nitrogens with one attached hydrogen (secondary N) is 1. The average Bonchev–Trinajstić information content (AvgIpc) is 3.20. The summed E-state index contributed by atoms with van der Waals surface area (Å²) in [7, 11) is 0. The lowest BCUT2D eigenvalue weighted by atomic mass is 10.0. The van der Waals surface area contributed by atoms with E-state index in [1.165, 1.54) is 30.3 Å². The molecular formula is C26H24FN5O3. The number of carbonyl (C=O) groups is 2. The highest BCUT2D eigenvalue weighted by Crippen LogP contribution is 2.32. The fourth-order valence-corrected chi connectivity index (χ4v) is 4.71. The Balaban J connectivity index is 1.33. The maximum Gasteiger partial charge on any atom is 0.337 e. The van der Waals surface area contributed by atoms with Crippen LogP contribution in [0.15, 0.2) is 60.8 Å². The third-order valence-corrected chi connectivity index (χ3v) is 6.39. The second-order valence-electron chi connectivity index (χ2n) is 8.59. The summed E-state index contributed by atoms with van der Waals surface area (Å²) in [6.07, 6.45) is 3.42. The largest absolute Gasteiger partial charge is 0.478 e. The SMILES string of the molecule is Cc1nc2cccnc2n1C1CCN(c2ccc(NC(=O)c3ccc(F)cc3)cc2C(=O)O)CC1. The molecule has 0 bridgehead atoms. The number of carboxylic acid groups (broad SMARTS) is 1. The molecule has 2 N–H and O–H groups in total. The van der Waals surface area contributed by atoms with E-state index in [9.17, 15) is 19.1 Å². The third kappa shape index (κ3) is 4.44. The van der Waals surface area contributed by atoms with E-state index in [1.54, 1.807) is 18.3 Å². The number of nitrogens with zero attached hydrogens (tertiary/aromatic N) is 4. The zero-order valence-corrected chi connectivity index (χ0v) is 19.1. The summed E-state index contributed by atoms with van der Waals surface area (Å²) < 4.78 is 15.3. The highest BCUT2D eigenvalue weighted by molar-refractivity contribution is 6.05. The summed E-state index contributed by atoms with van der Waals surface area (Å²) in [6.45, 7) is 3.34. The summed E-state index contributed by atoms with van der Waals surface area (Å²) in [6, 6.07) is 14.1. The van der Waals surface area contributed by atoms with Crippen molar-refractivity contribution in [2.45, 2.75) is 25.8 Å². The Labute approximate surface area is 201 Å². The minimum Gasteiger partial charge on any atom is -0.478 e. The molecule has 2 aromatic carbocycles. The van der Waals surface area contributed by atoms with E-state index < -0.39 is 17.7 Å². The Bertz CT molecular complexity index is 1410. The van der Waals surface area contributed by atoms with Crippen molar-refractivity contribution in [1.29, 1.82) is 0 Å². The van der Waals surface area contributed by atoms with Gasteiger partial charge < -0.3 is 19.9 Å². The molecule has 178 valence electrons. The topological polar surface area (TPSA) is 100 Å². The number of pyridine rings is 1. The Hall–Kier alpha value is -4.27. The van der Waals surface area contributed by atoms with Gasteiger partial charge in [0.2, 0.25) is 0 Å². The first-order valence-corrected chi connectivity index (χ1v) is 11.4. The molecule has 1 aliphatic heterocycles. The van der Waals surface area contributed by atoms with E-state index in [4.69, 9.17) is 0 Å². The number of rotatable bonds is 5. The van der Waals surface area contributed by atoms with Gasteiger partial charge in [-0.25, -0.2) is 19.2 Å². The molecule has 1 fully saturated rings. The first-order chi connectivity index (χ1) is 16.9. The van der Waals surface area contributed by atoms with E-state index >= 15 is 0 Å². The van der Waals surface area contributed by atoms with Crippen molar-refractivity contribution in [3.63, 3.8) is 0 Å². The number of amides is 1. The van der Waals surface area contributed by atoms with E-state index in [0.29, 0.717) is 24.5 Å². The number of benzene rings is 2. The molecule has 0 spiro atoms. The van der Waals surface area contributed by atoms with Crippen molar-refractivity contribution in [2.75, 3.05) is 23.3 Å². The third-order valence-electron chi connectivity index (χ3n) is 6.39. The van der Waals surface area contributed by atoms with Crippen LogP contribution in [0.4, 0.5) is 15.8 Å². The molecule has 2 aromatic heterocycles. The van der Waals surface area contributed by atoms with Crippen LogP contribution in [0.25, 0.3) is 11.2 Å². The molecule has 5 rings (SSSR count). The van der Waals surface area contributed by atoms with E-state index in [1.807, 2.05) is 19.1 Å². The van der Waals surface area contributed by atoms with Crippen LogP contribution < -0.4 is 10.2 Å². The molecule has 1 amide bonds. The van der Waals surface area contributed by atoms with Crippen LogP contribution in [0.1, 0.15) is 45.4 Å². The number of carboxylic acids is 1. The number of halogens is 1. The first-order valence-electron chi connectivity index (χ1n) is 11.4. The summed E-state index contributed by atoms with van der Waals surface area (Å²) in [5, 5.41) is 12.5. The van der Waals surface area contributed by atoms with Crippen LogP contribution in [0.3, 0.4) is 0 Å². The minimum atomic E-state index is -1.07. The first kappa shape index (κ1) is 22.5. The number of hydrogen-bond acceptors (Lipinski definition) is 5. The molecule has 3 heterocycles. The maximum absolute atomic E-state index is 13.1. The van der Waals surface area contributed by atoms with Crippen molar-refractivity contribution in [1.82, 2.24) is 14.5 Å². The zero-order chi connectivity index (χ0) is 24.5. The average molecular weight is 474 g/mol. The van der Waals surface area contributed by atoms with E-state index in [2.05, 4.69) is 24.8 Å². The lowest BCUT2D eigenvalue weighted by Gasteiger charge is -2.35. The fraction of sp³-hybridized carbons (Fsp3) is 0.231. The molecule has 1 aliphatic rings. The van der Waals surface area contributed by atoms with Crippen LogP contribution in [0.2, 0.25) is 0 Å². The van der Waals surface area contributed by atoms with Crippen LogP contribution in [0.5, 0.6) is 0 Å². The van der Waals surface area contributed by atoms with E-state index in [-0.39, 0.29) is 17.2 Å². The van der Waals surface area contributed by atoms with Crippen molar-refractivity contribution in [2.24, 2.45) is 0 Å². The van der Waals surface area contributed by atoms with Crippen LogP contribution in [-0.2, 0) is 0 Å². The molecule has 9 heteroatoms. The lowest BCUT2D eigenvalue weighted by molar-refractivity contribution is 0.0697. The van der Waals surface area contributed by atoms with Gasteiger partial charge in [0, 0.05) is 36.6 Å². The quantitative estimate of drug-likeness (QED) is 0.437. The summed E-state index contributed by atoms with van der Waals surface area (Å²) in [5.41, 5.74) is 3.12. The number of aromatic nitrogens is 3. The number of aryl methyl sites for hydroxylation is 1. The maximum atomic E-state index is 13.1. The van der Waals surface area contributed by atoms with Gasteiger partial charge in [-0.1, -0.05) is 0 Å². The Kier molecular flexibility index (Phi) is 5.90. The smallest absolute Gasteiger partial charge is 0.337 e. The monoisotopic (exact) mass is 473 g/mol. The van der Waals surface area contributed by atoms with Gasteiger partial charge in [-0.2, -0.15) is 0 Å². The van der Waals surface area contributed by atoms with Crippen molar-refractivity contribution >= 4 is 34.4 Å². The van der Waals surface area contributed by atoms with E-state index in [0.717, 1.165) is 29.8 Å². The van der Waals surface area contributed by atoms with Gasteiger partial charge in [-0.15, -0.1) is 0 Å². The number of hydrogen-bond donors (Lipinski definition) is 2. The van der Waals surface area contributed by atoms with Crippen molar-refractivity contribution in [3.05, 3.63) is 83.6 Å². The molecular weight excluding hydrogens is 449 g/mol. The highest BCUT2D eigenvalue weighted by atomic mass is 19.1. The van der Waals surface area contributed by atoms with Gasteiger partial charge in [0.05, 0.1) is 11.3 Å².